The molecule has 24 heavy (non-hydrogen) atoms. The lowest BCUT2D eigenvalue weighted by atomic mass is 9.94. The third kappa shape index (κ3) is 4.81. The van der Waals surface area contributed by atoms with Crippen LogP contribution < -0.4 is 4.74 Å². The average molecular weight is 333 g/mol. The smallest absolute Gasteiger partial charge is 0.349 e. The van der Waals surface area contributed by atoms with Crippen molar-refractivity contribution in [3.63, 3.8) is 0 Å². The Bertz CT molecular complexity index is 565. The molecule has 5 nitrogen and oxygen atoms in total. The van der Waals surface area contributed by atoms with Crippen molar-refractivity contribution in [2.45, 2.75) is 46.0 Å². The first-order valence-corrected chi connectivity index (χ1v) is 8.60. The van der Waals surface area contributed by atoms with Crippen LogP contribution in [0, 0.1) is 0 Å². The van der Waals surface area contributed by atoms with E-state index in [1.54, 1.807) is 0 Å². The largest absolute Gasteiger partial charge is 0.453 e. The van der Waals surface area contributed by atoms with Gasteiger partial charge in [0.15, 0.2) is 6.61 Å². The molecule has 132 valence electrons. The molecule has 1 heterocycles. The van der Waals surface area contributed by atoms with Gasteiger partial charge in [-0.3, -0.25) is 9.69 Å². The molecule has 0 aromatic heterocycles. The number of carbonyl (C=O) groups is 2. The van der Waals surface area contributed by atoms with Crippen molar-refractivity contribution < 1.29 is 19.1 Å². The van der Waals surface area contributed by atoms with E-state index < -0.39 is 5.97 Å². The van der Waals surface area contributed by atoms with E-state index in [4.69, 9.17) is 9.47 Å². The number of hydrogen-bond acceptors (Lipinski definition) is 5. The highest BCUT2D eigenvalue weighted by Crippen LogP contribution is 2.34. The average Bonchev–Trinajstić information content (AvgIpc) is 2.48. The van der Waals surface area contributed by atoms with E-state index in [-0.39, 0.29) is 31.0 Å². The van der Waals surface area contributed by atoms with Gasteiger partial charge in [-0.25, -0.2) is 4.79 Å². The Kier molecular flexibility index (Phi) is 6.37. The summed E-state index contributed by atoms with van der Waals surface area (Å²) in [5.74, 6) is 0.155. The van der Waals surface area contributed by atoms with E-state index in [2.05, 4.69) is 27.7 Å². The minimum absolute atomic E-state index is 0.237. The Morgan fingerprint density at radius 1 is 1.04 bits per heavy atom. The van der Waals surface area contributed by atoms with Crippen LogP contribution in [-0.4, -0.2) is 43.1 Å². The van der Waals surface area contributed by atoms with Crippen LogP contribution in [0.15, 0.2) is 18.2 Å². The Morgan fingerprint density at radius 3 is 2.08 bits per heavy atom. The summed E-state index contributed by atoms with van der Waals surface area (Å²) in [6.07, 6.45) is 1.11. The minimum atomic E-state index is -0.540. The third-order valence-electron chi connectivity index (χ3n) is 4.19. The molecular weight excluding hydrogens is 306 g/mol. The number of likely N-dealkylation sites (tertiary alicyclic amines) is 1. The molecule has 2 rings (SSSR count). The van der Waals surface area contributed by atoms with Crippen LogP contribution >= 0.6 is 0 Å². The monoisotopic (exact) mass is 333 g/mol. The second-order valence-corrected chi connectivity index (χ2v) is 6.84. The molecule has 0 amide bonds. The Hall–Kier alpha value is -1.88. The summed E-state index contributed by atoms with van der Waals surface area (Å²) in [4.78, 5) is 25.8. The maximum absolute atomic E-state index is 12.1. The molecule has 1 aliphatic rings. The molecule has 0 aliphatic carbocycles. The van der Waals surface area contributed by atoms with Crippen LogP contribution in [0.25, 0.3) is 0 Å². The van der Waals surface area contributed by atoms with Crippen LogP contribution in [0.5, 0.6) is 5.75 Å². The zero-order valence-corrected chi connectivity index (χ0v) is 15.0. The van der Waals surface area contributed by atoms with Gasteiger partial charge in [-0.05, 0) is 42.5 Å². The molecule has 1 aliphatic heterocycles. The van der Waals surface area contributed by atoms with Crippen LogP contribution in [0.4, 0.5) is 0 Å². The van der Waals surface area contributed by atoms with E-state index in [9.17, 15) is 9.59 Å². The Balaban J connectivity index is 1.98. The summed E-state index contributed by atoms with van der Waals surface area (Å²) in [7, 11) is 0. The van der Waals surface area contributed by atoms with Crippen molar-refractivity contribution in [1.82, 2.24) is 4.90 Å². The van der Waals surface area contributed by atoms with Crippen molar-refractivity contribution in [2.24, 2.45) is 0 Å². The van der Waals surface area contributed by atoms with Crippen LogP contribution in [0.2, 0.25) is 0 Å². The van der Waals surface area contributed by atoms with Crippen molar-refractivity contribution in [3.8, 4) is 5.75 Å². The Labute approximate surface area is 143 Å². The number of benzene rings is 1. The normalized spacial score (nSPS) is 14.6. The third-order valence-corrected chi connectivity index (χ3v) is 4.19. The second kappa shape index (κ2) is 8.29. The lowest BCUT2D eigenvalue weighted by molar-refractivity contribution is -0.155. The van der Waals surface area contributed by atoms with Gasteiger partial charge in [0.2, 0.25) is 0 Å². The summed E-state index contributed by atoms with van der Waals surface area (Å²) in [5.41, 5.74) is 1.97. The van der Waals surface area contributed by atoms with Crippen molar-refractivity contribution in [2.75, 3.05) is 26.2 Å². The van der Waals surface area contributed by atoms with E-state index in [0.717, 1.165) is 30.6 Å². The fourth-order valence-electron chi connectivity index (χ4n) is 2.65. The molecule has 1 saturated heterocycles. The molecule has 0 spiro atoms. The van der Waals surface area contributed by atoms with Gasteiger partial charge in [0, 0.05) is 0 Å². The van der Waals surface area contributed by atoms with Gasteiger partial charge in [0.05, 0.1) is 6.54 Å². The summed E-state index contributed by atoms with van der Waals surface area (Å²) >= 11 is 0. The van der Waals surface area contributed by atoms with Crippen LogP contribution in [0.3, 0.4) is 0 Å². The van der Waals surface area contributed by atoms with Gasteiger partial charge in [-0.15, -0.1) is 0 Å². The van der Waals surface area contributed by atoms with Crippen molar-refractivity contribution in [1.29, 1.82) is 0 Å². The predicted molar refractivity (Wildman–Crippen MR) is 92.3 cm³/mol. The standard InChI is InChI=1S/C19H27NO4/c1-13(2)15-7-5-8-16(14(3)4)19(15)24-18(22)12-23-17(21)11-20-9-6-10-20/h5,7-8,13-14H,6,9-12H2,1-4H3. The second-order valence-electron chi connectivity index (χ2n) is 6.84. The summed E-state index contributed by atoms with van der Waals surface area (Å²) in [6, 6.07) is 5.92. The lowest BCUT2D eigenvalue weighted by Crippen LogP contribution is -2.41. The molecule has 1 fully saturated rings. The summed E-state index contributed by atoms with van der Waals surface area (Å²) in [5, 5.41) is 0. The van der Waals surface area contributed by atoms with Gasteiger partial charge in [0.1, 0.15) is 5.75 Å². The SMILES string of the molecule is CC(C)c1cccc(C(C)C)c1OC(=O)COC(=O)CN1CCC1. The van der Waals surface area contributed by atoms with E-state index in [0.29, 0.717) is 5.75 Å². The first-order valence-electron chi connectivity index (χ1n) is 8.60. The van der Waals surface area contributed by atoms with Gasteiger partial charge < -0.3 is 9.47 Å². The highest BCUT2D eigenvalue weighted by atomic mass is 16.6. The van der Waals surface area contributed by atoms with Crippen LogP contribution in [0.1, 0.15) is 57.1 Å². The number of ether oxygens (including phenoxy) is 2. The van der Waals surface area contributed by atoms with E-state index in [1.165, 1.54) is 0 Å². The highest BCUT2D eigenvalue weighted by Gasteiger charge is 2.21. The molecule has 5 heteroatoms. The minimum Gasteiger partial charge on any atom is -0.453 e. The number of carbonyl (C=O) groups excluding carboxylic acids is 2. The number of nitrogens with zero attached hydrogens (tertiary/aromatic N) is 1. The summed E-state index contributed by atoms with van der Waals surface area (Å²) < 4.78 is 10.6. The molecular formula is C19H27NO4. The van der Waals surface area contributed by atoms with Crippen molar-refractivity contribution >= 4 is 11.9 Å². The first-order chi connectivity index (χ1) is 11.4. The van der Waals surface area contributed by atoms with Crippen LogP contribution in [-0.2, 0) is 14.3 Å². The fourth-order valence-corrected chi connectivity index (χ4v) is 2.65. The zero-order valence-electron chi connectivity index (χ0n) is 15.0. The number of para-hydroxylation sites is 1. The zero-order chi connectivity index (χ0) is 17.7. The maximum atomic E-state index is 12.1. The first kappa shape index (κ1) is 18.5. The molecule has 0 bridgehead atoms. The summed E-state index contributed by atoms with van der Waals surface area (Å²) in [6.45, 7) is 9.96. The predicted octanol–water partition coefficient (Wildman–Crippen LogP) is 3.09. The quantitative estimate of drug-likeness (QED) is 0.567. The number of rotatable bonds is 7. The van der Waals surface area contributed by atoms with Gasteiger partial charge in [-0.1, -0.05) is 45.9 Å². The van der Waals surface area contributed by atoms with Gasteiger partial charge in [0.25, 0.3) is 0 Å². The maximum Gasteiger partial charge on any atom is 0.349 e. The van der Waals surface area contributed by atoms with E-state index >= 15 is 0 Å². The topological polar surface area (TPSA) is 55.8 Å². The lowest BCUT2D eigenvalue weighted by Gasteiger charge is -2.29. The molecule has 0 N–H and O–H groups in total. The van der Waals surface area contributed by atoms with E-state index in [1.807, 2.05) is 23.1 Å². The molecule has 0 unspecified atom stereocenters. The number of hydrogen-bond donors (Lipinski definition) is 0. The number of esters is 2. The van der Waals surface area contributed by atoms with Gasteiger partial charge in [-0.2, -0.15) is 0 Å². The molecule has 0 atom stereocenters. The van der Waals surface area contributed by atoms with Crippen molar-refractivity contribution in [3.05, 3.63) is 29.3 Å². The fraction of sp³-hybridized carbons (Fsp3) is 0.579. The highest BCUT2D eigenvalue weighted by molar-refractivity contribution is 5.79. The molecule has 0 saturated carbocycles. The Morgan fingerprint density at radius 2 is 1.62 bits per heavy atom. The molecule has 0 radical (unpaired) electrons. The molecule has 1 aromatic carbocycles. The molecule has 1 aromatic rings. The van der Waals surface area contributed by atoms with Gasteiger partial charge >= 0.3 is 11.9 Å².